The number of amides is 1. The summed E-state index contributed by atoms with van der Waals surface area (Å²) < 4.78 is 1.33. The molecule has 1 saturated heterocycles. The molecule has 0 radical (unpaired) electrons. The Bertz CT molecular complexity index is 522. The molecular weight excluding hydrogens is 350 g/mol. The molecule has 1 atom stereocenters. The van der Waals surface area contributed by atoms with Crippen LogP contribution >= 0.6 is 31.9 Å². The molecule has 1 aliphatic heterocycles. The van der Waals surface area contributed by atoms with Gasteiger partial charge >= 0.3 is 0 Å². The summed E-state index contributed by atoms with van der Waals surface area (Å²) in [5.74, 6) is 2.48. The number of anilines is 1. The van der Waals surface area contributed by atoms with Crippen molar-refractivity contribution in [3.05, 3.63) is 21.1 Å². The minimum Gasteiger partial charge on any atom is -0.505 e. The molecule has 0 saturated carbocycles. The molecule has 5 heteroatoms. The van der Waals surface area contributed by atoms with Crippen molar-refractivity contribution in [1.29, 1.82) is 0 Å². The molecule has 2 rings (SSSR count). The number of phenolic OH excluding ortho intramolecular Hbond substituents is 1. The summed E-state index contributed by atoms with van der Waals surface area (Å²) in [6, 6.07) is 3.43. The Labute approximate surface area is 116 Å². The maximum Gasteiger partial charge on any atom is 0.228 e. The van der Waals surface area contributed by atoms with Crippen molar-refractivity contribution >= 4 is 43.5 Å². The van der Waals surface area contributed by atoms with Gasteiger partial charge in [-0.25, -0.2) is 0 Å². The average molecular weight is 359 g/mol. The van der Waals surface area contributed by atoms with Crippen LogP contribution in [0.25, 0.3) is 0 Å². The molecule has 1 N–H and O–H groups in total. The van der Waals surface area contributed by atoms with E-state index in [4.69, 9.17) is 6.42 Å². The highest BCUT2D eigenvalue weighted by atomic mass is 79.9. The minimum absolute atomic E-state index is 0.0548. The van der Waals surface area contributed by atoms with E-state index < -0.39 is 0 Å². The summed E-state index contributed by atoms with van der Waals surface area (Å²) in [7, 11) is 0. The van der Waals surface area contributed by atoms with Crippen molar-refractivity contribution in [2.24, 2.45) is 5.92 Å². The number of halogens is 2. The monoisotopic (exact) mass is 357 g/mol. The molecule has 1 fully saturated rings. The number of carbonyl (C=O) groups is 1. The standard InChI is InChI=1S/C12H9Br2NO2/c1-2-7-3-11(16)15(6-7)10-5-8(13)4-9(14)12(10)17/h1,4-5,7,17H,3,6H2. The fourth-order valence-corrected chi connectivity index (χ4v) is 3.01. The molecule has 0 bridgehead atoms. The Kier molecular flexibility index (Phi) is 3.45. The Morgan fingerprint density at radius 2 is 2.18 bits per heavy atom. The van der Waals surface area contributed by atoms with E-state index in [0.29, 0.717) is 23.1 Å². The maximum absolute atomic E-state index is 11.8. The number of terminal acetylenes is 1. The third kappa shape index (κ3) is 2.33. The Morgan fingerprint density at radius 1 is 1.47 bits per heavy atom. The molecule has 0 aromatic heterocycles. The Morgan fingerprint density at radius 3 is 2.76 bits per heavy atom. The molecule has 1 heterocycles. The summed E-state index contributed by atoms with van der Waals surface area (Å²) >= 11 is 6.56. The fraction of sp³-hybridized carbons (Fsp3) is 0.250. The lowest BCUT2D eigenvalue weighted by atomic mass is 10.1. The second kappa shape index (κ2) is 4.71. The molecule has 0 aliphatic carbocycles. The topological polar surface area (TPSA) is 40.5 Å². The van der Waals surface area contributed by atoms with Crippen LogP contribution in [0, 0.1) is 18.3 Å². The molecular formula is C12H9Br2NO2. The largest absolute Gasteiger partial charge is 0.505 e. The second-order valence-electron chi connectivity index (χ2n) is 3.83. The van der Waals surface area contributed by atoms with Gasteiger partial charge < -0.3 is 10.0 Å². The Hall–Kier alpha value is -0.990. The molecule has 1 aromatic rings. The van der Waals surface area contributed by atoms with E-state index in [0.717, 1.165) is 4.47 Å². The van der Waals surface area contributed by atoms with Crippen LogP contribution in [0.15, 0.2) is 21.1 Å². The first-order valence-electron chi connectivity index (χ1n) is 4.97. The zero-order valence-corrected chi connectivity index (χ0v) is 12.0. The van der Waals surface area contributed by atoms with E-state index in [2.05, 4.69) is 37.8 Å². The summed E-state index contributed by atoms with van der Waals surface area (Å²) in [6.45, 7) is 0.450. The van der Waals surface area contributed by atoms with Crippen LogP contribution in [0.5, 0.6) is 5.75 Å². The van der Waals surface area contributed by atoms with Crippen LogP contribution < -0.4 is 4.90 Å². The van der Waals surface area contributed by atoms with Crippen molar-refractivity contribution in [3.8, 4) is 18.1 Å². The van der Waals surface area contributed by atoms with E-state index in [1.165, 1.54) is 4.90 Å². The van der Waals surface area contributed by atoms with Gasteiger partial charge in [0.1, 0.15) is 0 Å². The number of carbonyl (C=O) groups excluding carboxylic acids is 1. The number of nitrogens with zero attached hydrogens (tertiary/aromatic N) is 1. The summed E-state index contributed by atoms with van der Waals surface area (Å²) in [5.41, 5.74) is 0.481. The van der Waals surface area contributed by atoms with Gasteiger partial charge in [-0.05, 0) is 28.1 Å². The first-order chi connectivity index (χ1) is 8.02. The minimum atomic E-state index is -0.0837. The van der Waals surface area contributed by atoms with Crippen LogP contribution in [0.4, 0.5) is 5.69 Å². The number of hydrogen-bond acceptors (Lipinski definition) is 2. The average Bonchev–Trinajstić information content (AvgIpc) is 2.65. The molecule has 88 valence electrons. The van der Waals surface area contributed by atoms with Crippen molar-refractivity contribution in [1.82, 2.24) is 0 Å². The lowest BCUT2D eigenvalue weighted by molar-refractivity contribution is -0.117. The fourth-order valence-electron chi connectivity index (χ4n) is 1.81. The number of aromatic hydroxyl groups is 1. The van der Waals surface area contributed by atoms with Gasteiger partial charge in [0.05, 0.1) is 10.2 Å². The van der Waals surface area contributed by atoms with Gasteiger partial charge in [-0.15, -0.1) is 12.3 Å². The van der Waals surface area contributed by atoms with Gasteiger partial charge in [0.2, 0.25) is 5.91 Å². The number of benzene rings is 1. The second-order valence-corrected chi connectivity index (χ2v) is 5.60. The van der Waals surface area contributed by atoms with Crippen molar-refractivity contribution in [2.75, 3.05) is 11.4 Å². The molecule has 17 heavy (non-hydrogen) atoms. The zero-order chi connectivity index (χ0) is 12.6. The quantitative estimate of drug-likeness (QED) is 0.784. The molecule has 1 aromatic carbocycles. The van der Waals surface area contributed by atoms with Gasteiger partial charge in [-0.3, -0.25) is 4.79 Å². The molecule has 1 amide bonds. The third-order valence-electron chi connectivity index (χ3n) is 2.66. The van der Waals surface area contributed by atoms with Gasteiger partial charge in [0.25, 0.3) is 0 Å². The van der Waals surface area contributed by atoms with Gasteiger partial charge in [-0.2, -0.15) is 0 Å². The summed E-state index contributed by atoms with van der Waals surface area (Å²) in [6.07, 6.45) is 5.66. The highest BCUT2D eigenvalue weighted by molar-refractivity contribution is 9.11. The SMILES string of the molecule is C#CC1CC(=O)N(c2cc(Br)cc(Br)c2O)C1. The Balaban J connectivity index is 2.42. The normalized spacial score (nSPS) is 19.5. The summed E-state index contributed by atoms with van der Waals surface area (Å²) in [5, 5.41) is 9.95. The van der Waals surface area contributed by atoms with Crippen LogP contribution in [0.2, 0.25) is 0 Å². The summed E-state index contributed by atoms with van der Waals surface area (Å²) in [4.78, 5) is 13.3. The van der Waals surface area contributed by atoms with Gasteiger partial charge in [-0.1, -0.05) is 15.9 Å². The predicted molar refractivity (Wildman–Crippen MR) is 72.8 cm³/mol. The van der Waals surface area contributed by atoms with Crippen LogP contribution in [-0.4, -0.2) is 17.6 Å². The van der Waals surface area contributed by atoms with E-state index in [1.54, 1.807) is 12.1 Å². The van der Waals surface area contributed by atoms with E-state index >= 15 is 0 Å². The molecule has 1 unspecified atom stereocenters. The van der Waals surface area contributed by atoms with Crippen LogP contribution in [-0.2, 0) is 4.79 Å². The highest BCUT2D eigenvalue weighted by Crippen LogP contribution is 2.39. The molecule has 0 spiro atoms. The van der Waals surface area contributed by atoms with Crippen molar-refractivity contribution in [2.45, 2.75) is 6.42 Å². The van der Waals surface area contributed by atoms with Gasteiger partial charge in [0, 0.05) is 23.4 Å². The molecule has 1 aliphatic rings. The van der Waals surface area contributed by atoms with Crippen LogP contribution in [0.3, 0.4) is 0 Å². The van der Waals surface area contributed by atoms with E-state index in [-0.39, 0.29) is 17.6 Å². The number of hydrogen-bond donors (Lipinski definition) is 1. The highest BCUT2D eigenvalue weighted by Gasteiger charge is 2.31. The first-order valence-corrected chi connectivity index (χ1v) is 6.56. The van der Waals surface area contributed by atoms with Crippen LogP contribution in [0.1, 0.15) is 6.42 Å². The third-order valence-corrected chi connectivity index (χ3v) is 3.72. The maximum atomic E-state index is 11.8. The molecule has 3 nitrogen and oxygen atoms in total. The smallest absolute Gasteiger partial charge is 0.228 e. The van der Waals surface area contributed by atoms with Crippen molar-refractivity contribution in [3.63, 3.8) is 0 Å². The van der Waals surface area contributed by atoms with Gasteiger partial charge in [0.15, 0.2) is 5.75 Å². The zero-order valence-electron chi connectivity index (χ0n) is 8.78. The number of phenols is 1. The van der Waals surface area contributed by atoms with Crippen molar-refractivity contribution < 1.29 is 9.90 Å². The number of rotatable bonds is 1. The first kappa shape index (κ1) is 12.5. The lowest BCUT2D eigenvalue weighted by Gasteiger charge is -2.18. The van der Waals surface area contributed by atoms with E-state index in [1.807, 2.05) is 0 Å². The predicted octanol–water partition coefficient (Wildman–Crippen LogP) is 2.90. The van der Waals surface area contributed by atoms with E-state index in [9.17, 15) is 9.90 Å². The lowest BCUT2D eigenvalue weighted by Crippen LogP contribution is -2.24.